The van der Waals surface area contributed by atoms with Crippen molar-refractivity contribution in [1.82, 2.24) is 4.98 Å². The third-order valence-corrected chi connectivity index (χ3v) is 2.99. The molecule has 0 bridgehead atoms. The molecule has 0 atom stereocenters. The van der Waals surface area contributed by atoms with Crippen LogP contribution in [0.2, 0.25) is 0 Å². The standard InChI is InChI=1S/C12H11BrN2O2/c1-16-11-7-8(5-6-15-11)17-10-4-2-3-9(14)12(10)13/h2-7H,14H2,1H3. The maximum absolute atomic E-state index is 5.77. The molecular formula is C12H11BrN2O2. The van der Waals surface area contributed by atoms with Gasteiger partial charge in [-0.3, -0.25) is 0 Å². The van der Waals surface area contributed by atoms with E-state index in [1.54, 1.807) is 31.5 Å². The second-order valence-electron chi connectivity index (χ2n) is 3.30. The lowest BCUT2D eigenvalue weighted by Crippen LogP contribution is -1.92. The summed E-state index contributed by atoms with van der Waals surface area (Å²) in [5.41, 5.74) is 6.39. The lowest BCUT2D eigenvalue weighted by Gasteiger charge is -2.09. The molecule has 0 unspecified atom stereocenters. The van der Waals surface area contributed by atoms with Crippen molar-refractivity contribution in [3.63, 3.8) is 0 Å². The van der Waals surface area contributed by atoms with Crippen LogP contribution in [0.25, 0.3) is 0 Å². The van der Waals surface area contributed by atoms with Crippen molar-refractivity contribution in [2.45, 2.75) is 0 Å². The highest BCUT2D eigenvalue weighted by Gasteiger charge is 2.06. The lowest BCUT2D eigenvalue weighted by molar-refractivity contribution is 0.392. The first-order chi connectivity index (χ1) is 8.20. The minimum Gasteiger partial charge on any atom is -0.481 e. The molecule has 0 saturated carbocycles. The third kappa shape index (κ3) is 2.68. The fourth-order valence-corrected chi connectivity index (χ4v) is 1.65. The number of nitrogens with zero attached hydrogens (tertiary/aromatic N) is 1. The molecule has 5 heteroatoms. The highest BCUT2D eigenvalue weighted by molar-refractivity contribution is 9.10. The van der Waals surface area contributed by atoms with Crippen LogP contribution < -0.4 is 15.2 Å². The van der Waals surface area contributed by atoms with Gasteiger partial charge < -0.3 is 15.2 Å². The molecule has 0 saturated heterocycles. The number of ether oxygens (including phenoxy) is 2. The van der Waals surface area contributed by atoms with Crippen molar-refractivity contribution in [2.24, 2.45) is 0 Å². The number of hydrogen-bond donors (Lipinski definition) is 1. The maximum Gasteiger partial charge on any atom is 0.216 e. The van der Waals surface area contributed by atoms with E-state index in [9.17, 15) is 0 Å². The Hall–Kier alpha value is -1.75. The Morgan fingerprint density at radius 3 is 2.88 bits per heavy atom. The van der Waals surface area contributed by atoms with Crippen molar-refractivity contribution < 1.29 is 9.47 Å². The molecule has 0 aliphatic heterocycles. The van der Waals surface area contributed by atoms with E-state index in [4.69, 9.17) is 15.2 Å². The first-order valence-electron chi connectivity index (χ1n) is 4.92. The third-order valence-electron chi connectivity index (χ3n) is 2.14. The number of benzene rings is 1. The first kappa shape index (κ1) is 11.7. The predicted molar refractivity (Wildman–Crippen MR) is 69.4 cm³/mol. The van der Waals surface area contributed by atoms with Crippen LogP contribution in [0, 0.1) is 0 Å². The molecule has 2 rings (SSSR count). The minimum absolute atomic E-state index is 0.502. The van der Waals surface area contributed by atoms with Gasteiger partial charge in [-0.1, -0.05) is 6.07 Å². The Kier molecular flexibility index (Phi) is 3.49. The number of nitrogen functional groups attached to an aromatic ring is 1. The van der Waals surface area contributed by atoms with E-state index in [0.717, 1.165) is 4.47 Å². The van der Waals surface area contributed by atoms with Crippen LogP contribution >= 0.6 is 15.9 Å². The number of halogens is 1. The number of rotatable bonds is 3. The van der Waals surface area contributed by atoms with Gasteiger partial charge in [0.1, 0.15) is 11.5 Å². The van der Waals surface area contributed by atoms with Gasteiger partial charge in [0.25, 0.3) is 0 Å². The first-order valence-corrected chi connectivity index (χ1v) is 5.72. The zero-order valence-corrected chi connectivity index (χ0v) is 10.8. The molecule has 4 nitrogen and oxygen atoms in total. The van der Waals surface area contributed by atoms with E-state index in [-0.39, 0.29) is 0 Å². The minimum atomic E-state index is 0.502. The van der Waals surface area contributed by atoms with E-state index in [0.29, 0.717) is 23.1 Å². The molecule has 0 aliphatic rings. The average Bonchev–Trinajstić information content (AvgIpc) is 2.35. The van der Waals surface area contributed by atoms with Crippen molar-refractivity contribution in [2.75, 3.05) is 12.8 Å². The number of aromatic nitrogens is 1. The highest BCUT2D eigenvalue weighted by atomic mass is 79.9. The highest BCUT2D eigenvalue weighted by Crippen LogP contribution is 2.34. The Morgan fingerprint density at radius 1 is 1.29 bits per heavy atom. The number of hydrogen-bond acceptors (Lipinski definition) is 4. The van der Waals surface area contributed by atoms with Gasteiger partial charge in [-0.05, 0) is 34.1 Å². The molecule has 0 amide bonds. The SMILES string of the molecule is COc1cc(Oc2cccc(N)c2Br)ccn1. The average molecular weight is 295 g/mol. The maximum atomic E-state index is 5.77. The van der Waals surface area contributed by atoms with E-state index in [2.05, 4.69) is 20.9 Å². The van der Waals surface area contributed by atoms with Crippen molar-refractivity contribution in [1.29, 1.82) is 0 Å². The van der Waals surface area contributed by atoms with Gasteiger partial charge in [0.2, 0.25) is 5.88 Å². The second kappa shape index (κ2) is 5.05. The van der Waals surface area contributed by atoms with Crippen LogP contribution in [0.15, 0.2) is 41.0 Å². The van der Waals surface area contributed by atoms with Crippen molar-refractivity contribution >= 4 is 21.6 Å². The zero-order valence-electron chi connectivity index (χ0n) is 9.18. The van der Waals surface area contributed by atoms with E-state index >= 15 is 0 Å². The monoisotopic (exact) mass is 294 g/mol. The molecule has 2 aromatic rings. The van der Waals surface area contributed by atoms with Gasteiger partial charge in [-0.25, -0.2) is 4.98 Å². The Morgan fingerprint density at radius 2 is 2.12 bits per heavy atom. The van der Waals surface area contributed by atoms with E-state index in [1.165, 1.54) is 0 Å². The van der Waals surface area contributed by atoms with Crippen molar-refractivity contribution in [3.8, 4) is 17.4 Å². The summed E-state index contributed by atoms with van der Waals surface area (Å²) in [5.74, 6) is 1.80. The number of pyridine rings is 1. The fraction of sp³-hybridized carbons (Fsp3) is 0.0833. The van der Waals surface area contributed by atoms with Crippen molar-refractivity contribution in [3.05, 3.63) is 41.0 Å². The predicted octanol–water partition coefficient (Wildman–Crippen LogP) is 3.23. The van der Waals surface area contributed by atoms with Crippen LogP contribution in [0.1, 0.15) is 0 Å². The number of methoxy groups -OCH3 is 1. The fourth-order valence-electron chi connectivity index (χ4n) is 1.30. The van der Waals surface area contributed by atoms with Gasteiger partial charge >= 0.3 is 0 Å². The molecule has 0 spiro atoms. The molecule has 1 aromatic carbocycles. The summed E-state index contributed by atoms with van der Waals surface area (Å²) < 4.78 is 11.4. The summed E-state index contributed by atoms with van der Waals surface area (Å²) in [6.45, 7) is 0. The molecule has 2 N–H and O–H groups in total. The van der Waals surface area contributed by atoms with Crippen LogP contribution in [0.5, 0.6) is 17.4 Å². The largest absolute Gasteiger partial charge is 0.481 e. The van der Waals surface area contributed by atoms with Gasteiger partial charge in [0.15, 0.2) is 0 Å². The Labute approximate surface area is 108 Å². The van der Waals surface area contributed by atoms with Gasteiger partial charge in [0, 0.05) is 18.0 Å². The topological polar surface area (TPSA) is 57.4 Å². The molecule has 0 fully saturated rings. The van der Waals surface area contributed by atoms with Crippen LogP contribution in [-0.4, -0.2) is 12.1 Å². The number of anilines is 1. The Bertz CT molecular complexity index is 532. The summed E-state index contributed by atoms with van der Waals surface area (Å²) >= 11 is 3.38. The summed E-state index contributed by atoms with van der Waals surface area (Å²) in [6.07, 6.45) is 1.62. The normalized spacial score (nSPS) is 10.0. The van der Waals surface area contributed by atoms with Gasteiger partial charge in [0.05, 0.1) is 11.6 Å². The summed E-state index contributed by atoms with van der Waals surface area (Å²) in [4.78, 5) is 4.00. The smallest absolute Gasteiger partial charge is 0.216 e. The van der Waals surface area contributed by atoms with Crippen LogP contribution in [-0.2, 0) is 0 Å². The van der Waals surface area contributed by atoms with E-state index < -0.39 is 0 Å². The van der Waals surface area contributed by atoms with Gasteiger partial charge in [-0.2, -0.15) is 0 Å². The second-order valence-corrected chi connectivity index (χ2v) is 4.09. The summed E-state index contributed by atoms with van der Waals surface area (Å²) in [6, 6.07) is 8.90. The van der Waals surface area contributed by atoms with Crippen LogP contribution in [0.3, 0.4) is 0 Å². The summed E-state index contributed by atoms with van der Waals surface area (Å²) in [7, 11) is 1.56. The van der Waals surface area contributed by atoms with Gasteiger partial charge in [-0.15, -0.1) is 0 Å². The molecule has 17 heavy (non-hydrogen) atoms. The molecule has 88 valence electrons. The number of nitrogens with two attached hydrogens (primary N) is 1. The lowest BCUT2D eigenvalue weighted by atomic mass is 10.3. The quantitative estimate of drug-likeness (QED) is 0.883. The Balaban J connectivity index is 2.28. The summed E-state index contributed by atoms with van der Waals surface area (Å²) in [5, 5.41) is 0. The van der Waals surface area contributed by atoms with E-state index in [1.807, 2.05) is 12.1 Å². The molecule has 1 aromatic heterocycles. The molecule has 1 heterocycles. The zero-order chi connectivity index (χ0) is 12.3. The molecule has 0 radical (unpaired) electrons. The molecule has 0 aliphatic carbocycles. The molecular weight excluding hydrogens is 284 g/mol. The van der Waals surface area contributed by atoms with Crippen LogP contribution in [0.4, 0.5) is 5.69 Å².